The fourth-order valence-electron chi connectivity index (χ4n) is 1.93. The third-order valence-electron chi connectivity index (χ3n) is 2.93. The molecule has 0 aliphatic rings. The zero-order valence-electron chi connectivity index (χ0n) is 11.3. The van der Waals surface area contributed by atoms with E-state index in [9.17, 15) is 0 Å². The van der Waals surface area contributed by atoms with Crippen LogP contribution in [0.5, 0.6) is 0 Å². The number of rotatable bonds is 4. The van der Waals surface area contributed by atoms with E-state index in [2.05, 4.69) is 48.3 Å². The Hall–Kier alpha value is -2.04. The average Bonchev–Trinajstić information content (AvgIpc) is 2.46. The Morgan fingerprint density at radius 2 is 1.58 bits per heavy atom. The van der Waals surface area contributed by atoms with Crippen LogP contribution in [0.4, 0.5) is 0 Å². The summed E-state index contributed by atoms with van der Waals surface area (Å²) in [4.78, 5) is 0. The zero-order valence-corrected chi connectivity index (χ0v) is 11.3. The highest BCUT2D eigenvalue weighted by atomic mass is 14.9. The lowest BCUT2D eigenvalue weighted by molar-refractivity contribution is 0.585. The zero-order chi connectivity index (χ0) is 13.3. The molecule has 0 aliphatic carbocycles. The molecule has 19 heavy (non-hydrogen) atoms. The van der Waals surface area contributed by atoms with Gasteiger partial charge >= 0.3 is 0 Å². The molecule has 2 rings (SSSR count). The van der Waals surface area contributed by atoms with Gasteiger partial charge in [0.2, 0.25) is 0 Å². The van der Waals surface area contributed by atoms with Gasteiger partial charge in [-0.3, -0.25) is 0 Å². The van der Waals surface area contributed by atoms with Crippen molar-refractivity contribution in [3.05, 3.63) is 71.8 Å². The van der Waals surface area contributed by atoms with E-state index in [1.807, 2.05) is 36.4 Å². The summed E-state index contributed by atoms with van der Waals surface area (Å²) in [7, 11) is 0. The molecular formula is C18H19N. The normalized spacial score (nSPS) is 11.4. The van der Waals surface area contributed by atoms with Crippen LogP contribution in [0.25, 0.3) is 0 Å². The van der Waals surface area contributed by atoms with E-state index in [-0.39, 0.29) is 0 Å². The Morgan fingerprint density at radius 1 is 0.947 bits per heavy atom. The van der Waals surface area contributed by atoms with Gasteiger partial charge in [-0.25, -0.2) is 0 Å². The quantitative estimate of drug-likeness (QED) is 0.820. The summed E-state index contributed by atoms with van der Waals surface area (Å²) in [6, 6.07) is 21.0. The van der Waals surface area contributed by atoms with Crippen LogP contribution in [-0.4, -0.2) is 12.6 Å². The Labute approximate surface area is 115 Å². The summed E-state index contributed by atoms with van der Waals surface area (Å²) in [6.07, 6.45) is 1.04. The second-order valence-electron chi connectivity index (χ2n) is 4.64. The Morgan fingerprint density at radius 3 is 2.26 bits per heavy atom. The van der Waals surface area contributed by atoms with E-state index < -0.39 is 0 Å². The average molecular weight is 249 g/mol. The first-order valence-corrected chi connectivity index (χ1v) is 6.66. The van der Waals surface area contributed by atoms with Crippen LogP contribution < -0.4 is 5.32 Å². The van der Waals surface area contributed by atoms with Crippen LogP contribution in [0.1, 0.15) is 18.1 Å². The maximum atomic E-state index is 3.43. The van der Waals surface area contributed by atoms with Crippen LogP contribution in [0.3, 0.4) is 0 Å². The largest absolute Gasteiger partial charge is 0.303 e. The lowest BCUT2D eigenvalue weighted by Crippen LogP contribution is -2.28. The molecule has 0 saturated carbocycles. The van der Waals surface area contributed by atoms with Crippen molar-refractivity contribution in [3.8, 4) is 11.8 Å². The highest BCUT2D eigenvalue weighted by Crippen LogP contribution is 2.02. The number of hydrogen-bond acceptors (Lipinski definition) is 1. The van der Waals surface area contributed by atoms with Crippen molar-refractivity contribution in [2.75, 3.05) is 6.54 Å². The first kappa shape index (κ1) is 13.4. The van der Waals surface area contributed by atoms with Crippen molar-refractivity contribution in [3.63, 3.8) is 0 Å². The smallest absolute Gasteiger partial charge is 0.0582 e. The van der Waals surface area contributed by atoms with Crippen molar-refractivity contribution in [1.82, 2.24) is 5.32 Å². The highest BCUT2D eigenvalue weighted by molar-refractivity contribution is 5.33. The molecule has 0 amide bonds. The maximum Gasteiger partial charge on any atom is 0.0582 e. The summed E-state index contributed by atoms with van der Waals surface area (Å²) in [6.45, 7) is 2.92. The molecule has 0 saturated heterocycles. The summed E-state index contributed by atoms with van der Waals surface area (Å²) in [5.41, 5.74) is 2.43. The SMILES string of the molecule is CC(Cc1ccccc1)NCC#Cc1ccccc1. The van der Waals surface area contributed by atoms with Gasteiger partial charge < -0.3 is 5.32 Å². The van der Waals surface area contributed by atoms with Gasteiger partial charge in [-0.05, 0) is 31.0 Å². The molecule has 0 aliphatic heterocycles. The van der Waals surface area contributed by atoms with Crippen molar-refractivity contribution in [2.24, 2.45) is 0 Å². The van der Waals surface area contributed by atoms with E-state index in [1.165, 1.54) is 5.56 Å². The Bertz CT molecular complexity index is 534. The molecule has 1 heteroatoms. The van der Waals surface area contributed by atoms with Gasteiger partial charge in [0.1, 0.15) is 0 Å². The molecule has 0 heterocycles. The topological polar surface area (TPSA) is 12.0 Å². The molecule has 0 bridgehead atoms. The molecule has 1 atom stereocenters. The second-order valence-corrected chi connectivity index (χ2v) is 4.64. The second kappa shape index (κ2) is 7.41. The minimum atomic E-state index is 0.437. The molecule has 1 unspecified atom stereocenters. The molecule has 0 radical (unpaired) electrons. The molecule has 1 N–H and O–H groups in total. The highest BCUT2D eigenvalue weighted by Gasteiger charge is 2.00. The van der Waals surface area contributed by atoms with Crippen LogP contribution in [-0.2, 0) is 6.42 Å². The van der Waals surface area contributed by atoms with Gasteiger partial charge in [0, 0.05) is 11.6 Å². The monoisotopic (exact) mass is 249 g/mol. The first-order chi connectivity index (χ1) is 9.34. The lowest BCUT2D eigenvalue weighted by atomic mass is 10.1. The molecule has 2 aromatic carbocycles. The van der Waals surface area contributed by atoms with Crippen molar-refractivity contribution < 1.29 is 0 Å². The predicted octanol–water partition coefficient (Wildman–Crippen LogP) is 3.26. The molecule has 0 aromatic heterocycles. The summed E-state index contributed by atoms with van der Waals surface area (Å²) in [5, 5.41) is 3.43. The van der Waals surface area contributed by atoms with E-state index in [1.54, 1.807) is 0 Å². The van der Waals surface area contributed by atoms with Crippen LogP contribution in [0.15, 0.2) is 60.7 Å². The standard InChI is InChI=1S/C18H19N/c1-16(15-18-11-6-3-7-12-18)19-14-8-13-17-9-4-2-5-10-17/h2-7,9-12,16,19H,14-15H2,1H3. The molecule has 2 aromatic rings. The van der Waals surface area contributed by atoms with Crippen molar-refractivity contribution >= 4 is 0 Å². The van der Waals surface area contributed by atoms with Gasteiger partial charge in [-0.1, -0.05) is 60.4 Å². The molecule has 0 fully saturated rings. The fourth-order valence-corrected chi connectivity index (χ4v) is 1.93. The maximum absolute atomic E-state index is 3.43. The third-order valence-corrected chi connectivity index (χ3v) is 2.93. The van der Waals surface area contributed by atoms with Gasteiger partial charge in [0.25, 0.3) is 0 Å². The van der Waals surface area contributed by atoms with Crippen molar-refractivity contribution in [1.29, 1.82) is 0 Å². The molecule has 1 nitrogen and oxygen atoms in total. The van der Waals surface area contributed by atoms with E-state index in [0.717, 1.165) is 18.5 Å². The summed E-state index contributed by atoms with van der Waals surface area (Å²) in [5.74, 6) is 6.31. The van der Waals surface area contributed by atoms with Gasteiger partial charge in [0.05, 0.1) is 6.54 Å². The van der Waals surface area contributed by atoms with E-state index in [4.69, 9.17) is 0 Å². The predicted molar refractivity (Wildman–Crippen MR) is 80.9 cm³/mol. The van der Waals surface area contributed by atoms with Crippen LogP contribution in [0.2, 0.25) is 0 Å². The van der Waals surface area contributed by atoms with E-state index in [0.29, 0.717) is 6.04 Å². The fraction of sp³-hybridized carbons (Fsp3) is 0.222. The van der Waals surface area contributed by atoms with Gasteiger partial charge in [0.15, 0.2) is 0 Å². The number of benzene rings is 2. The molecule has 0 spiro atoms. The first-order valence-electron chi connectivity index (χ1n) is 6.66. The summed E-state index contributed by atoms with van der Waals surface area (Å²) < 4.78 is 0. The Balaban J connectivity index is 1.76. The minimum absolute atomic E-state index is 0.437. The van der Waals surface area contributed by atoms with Gasteiger partial charge in [-0.2, -0.15) is 0 Å². The third kappa shape index (κ3) is 4.99. The van der Waals surface area contributed by atoms with Gasteiger partial charge in [-0.15, -0.1) is 0 Å². The number of nitrogens with one attached hydrogen (secondary N) is 1. The molecule has 96 valence electrons. The number of hydrogen-bond donors (Lipinski definition) is 1. The summed E-state index contributed by atoms with van der Waals surface area (Å²) >= 11 is 0. The Kier molecular flexibility index (Phi) is 5.22. The minimum Gasteiger partial charge on any atom is -0.303 e. The van der Waals surface area contributed by atoms with Crippen LogP contribution in [0, 0.1) is 11.8 Å². The molecular weight excluding hydrogens is 230 g/mol. The van der Waals surface area contributed by atoms with Crippen LogP contribution >= 0.6 is 0 Å². The van der Waals surface area contributed by atoms with E-state index >= 15 is 0 Å². The lowest BCUT2D eigenvalue weighted by Gasteiger charge is -2.11. The van der Waals surface area contributed by atoms with Crippen molar-refractivity contribution in [2.45, 2.75) is 19.4 Å².